The van der Waals surface area contributed by atoms with Crippen molar-refractivity contribution in [2.45, 2.75) is 58.4 Å². The third-order valence-corrected chi connectivity index (χ3v) is 5.03. The van der Waals surface area contributed by atoms with Crippen LogP contribution in [-0.4, -0.2) is 36.1 Å². The predicted octanol–water partition coefficient (Wildman–Crippen LogP) is 3.27. The second-order valence-corrected chi connectivity index (χ2v) is 7.47. The third-order valence-electron chi connectivity index (χ3n) is 5.03. The zero-order valence-electron chi connectivity index (χ0n) is 15.4. The van der Waals surface area contributed by atoms with Gasteiger partial charge in [0.15, 0.2) is 0 Å². The molecule has 1 aliphatic heterocycles. The van der Waals surface area contributed by atoms with E-state index >= 15 is 0 Å². The molecule has 1 aromatic carbocycles. The summed E-state index contributed by atoms with van der Waals surface area (Å²) in [5.41, 5.74) is 2.47. The Bertz CT molecular complexity index is 586. The van der Waals surface area contributed by atoms with Crippen molar-refractivity contribution in [1.82, 2.24) is 10.2 Å². The Hall–Kier alpha value is -1.65. The van der Waals surface area contributed by atoms with Gasteiger partial charge in [-0.3, -0.25) is 9.69 Å². The fraction of sp³-hybridized carbons (Fsp3) is 0.571. The van der Waals surface area contributed by atoms with Gasteiger partial charge in [-0.2, -0.15) is 0 Å². The Morgan fingerprint density at radius 2 is 1.80 bits per heavy atom. The average molecular weight is 342 g/mol. The minimum absolute atomic E-state index is 0.148. The second kappa shape index (κ2) is 8.63. The fourth-order valence-corrected chi connectivity index (χ4v) is 3.80. The van der Waals surface area contributed by atoms with Crippen LogP contribution in [0.1, 0.15) is 44.2 Å². The highest BCUT2D eigenvalue weighted by atomic mass is 16.5. The molecular weight excluding hydrogens is 312 g/mol. The highest BCUT2D eigenvalue weighted by Crippen LogP contribution is 2.18. The number of benzene rings is 1. The van der Waals surface area contributed by atoms with Crippen LogP contribution in [0.25, 0.3) is 0 Å². The lowest BCUT2D eigenvalue weighted by Gasteiger charge is -2.35. The number of hydrogen-bond acceptors (Lipinski definition) is 3. The van der Waals surface area contributed by atoms with Crippen molar-refractivity contribution in [2.75, 3.05) is 13.1 Å². The maximum atomic E-state index is 12.2. The monoisotopic (exact) mass is 342 g/mol. The summed E-state index contributed by atoms with van der Waals surface area (Å²) in [4.78, 5) is 14.6. The molecule has 1 N–H and O–H groups in total. The molecule has 3 rings (SSSR count). The van der Waals surface area contributed by atoms with Crippen molar-refractivity contribution in [2.24, 2.45) is 5.92 Å². The van der Waals surface area contributed by atoms with Gasteiger partial charge in [-0.05, 0) is 44.2 Å². The van der Waals surface area contributed by atoms with E-state index in [-0.39, 0.29) is 11.8 Å². The van der Waals surface area contributed by atoms with Gasteiger partial charge in [-0.1, -0.05) is 36.4 Å². The number of ether oxygens (including phenoxy) is 1. The summed E-state index contributed by atoms with van der Waals surface area (Å²) in [6.45, 7) is 7.81. The van der Waals surface area contributed by atoms with Crippen LogP contribution in [0.15, 0.2) is 36.4 Å². The summed E-state index contributed by atoms with van der Waals surface area (Å²) < 4.78 is 5.79. The van der Waals surface area contributed by atoms with Crippen LogP contribution in [0.3, 0.4) is 0 Å². The SMILES string of the molecule is C[C@@H]1CN(Cc2ccc(CNC(=O)[C@@H]3CC=CCC3)cc2)C[C@H](C)O1. The zero-order chi connectivity index (χ0) is 17.6. The van der Waals surface area contributed by atoms with Crippen molar-refractivity contribution in [3.05, 3.63) is 47.5 Å². The molecule has 1 aromatic rings. The van der Waals surface area contributed by atoms with Crippen LogP contribution in [0.5, 0.6) is 0 Å². The van der Waals surface area contributed by atoms with E-state index in [0.717, 1.165) is 44.5 Å². The van der Waals surface area contributed by atoms with Crippen molar-refractivity contribution < 1.29 is 9.53 Å². The molecule has 0 bridgehead atoms. The van der Waals surface area contributed by atoms with E-state index in [0.29, 0.717) is 18.8 Å². The highest BCUT2D eigenvalue weighted by molar-refractivity contribution is 5.78. The quantitative estimate of drug-likeness (QED) is 0.835. The van der Waals surface area contributed by atoms with Crippen molar-refractivity contribution in [3.63, 3.8) is 0 Å². The number of rotatable bonds is 5. The zero-order valence-corrected chi connectivity index (χ0v) is 15.4. The van der Waals surface area contributed by atoms with E-state index in [9.17, 15) is 4.79 Å². The molecule has 136 valence electrons. The number of amides is 1. The lowest BCUT2D eigenvalue weighted by atomic mass is 9.93. The molecule has 3 atom stereocenters. The summed E-state index contributed by atoms with van der Waals surface area (Å²) in [5.74, 6) is 0.333. The third kappa shape index (κ3) is 5.41. The van der Waals surface area contributed by atoms with Gasteiger partial charge < -0.3 is 10.1 Å². The summed E-state index contributed by atoms with van der Waals surface area (Å²) in [6.07, 6.45) is 7.75. The molecule has 1 aliphatic carbocycles. The van der Waals surface area contributed by atoms with Gasteiger partial charge in [0.25, 0.3) is 0 Å². The van der Waals surface area contributed by atoms with Gasteiger partial charge in [0.1, 0.15) is 0 Å². The minimum atomic E-state index is 0.148. The smallest absolute Gasteiger partial charge is 0.223 e. The Kier molecular flexibility index (Phi) is 6.27. The van der Waals surface area contributed by atoms with Gasteiger partial charge in [0.05, 0.1) is 12.2 Å². The van der Waals surface area contributed by atoms with Crippen molar-refractivity contribution in [3.8, 4) is 0 Å². The second-order valence-electron chi connectivity index (χ2n) is 7.47. The maximum Gasteiger partial charge on any atom is 0.223 e. The summed E-state index contributed by atoms with van der Waals surface area (Å²) in [6, 6.07) is 8.61. The van der Waals surface area contributed by atoms with Gasteiger partial charge in [-0.15, -0.1) is 0 Å². The molecule has 1 amide bonds. The highest BCUT2D eigenvalue weighted by Gasteiger charge is 2.22. The Morgan fingerprint density at radius 3 is 2.44 bits per heavy atom. The Balaban J connectivity index is 1.47. The van der Waals surface area contributed by atoms with Gasteiger partial charge in [0, 0.05) is 32.1 Å². The molecule has 0 unspecified atom stereocenters. The normalized spacial score (nSPS) is 27.2. The van der Waals surface area contributed by atoms with Crippen LogP contribution in [0.4, 0.5) is 0 Å². The first-order valence-electron chi connectivity index (χ1n) is 9.48. The van der Waals surface area contributed by atoms with E-state index in [2.05, 4.69) is 60.5 Å². The molecule has 0 radical (unpaired) electrons. The molecular formula is C21H30N2O2. The number of nitrogens with one attached hydrogen (secondary N) is 1. The number of nitrogens with zero attached hydrogens (tertiary/aromatic N) is 1. The molecule has 25 heavy (non-hydrogen) atoms. The van der Waals surface area contributed by atoms with Gasteiger partial charge in [0.2, 0.25) is 5.91 Å². The van der Waals surface area contributed by atoms with E-state index in [1.807, 2.05) is 0 Å². The van der Waals surface area contributed by atoms with Gasteiger partial charge >= 0.3 is 0 Å². The summed E-state index contributed by atoms with van der Waals surface area (Å²) >= 11 is 0. The Morgan fingerprint density at radius 1 is 1.12 bits per heavy atom. The van der Waals surface area contributed by atoms with E-state index < -0.39 is 0 Å². The number of allylic oxidation sites excluding steroid dienone is 2. The predicted molar refractivity (Wildman–Crippen MR) is 100 cm³/mol. The molecule has 1 fully saturated rings. The number of carbonyl (C=O) groups is 1. The molecule has 0 aromatic heterocycles. The Labute approximate surface area is 151 Å². The molecule has 1 saturated heterocycles. The number of carbonyl (C=O) groups excluding carboxylic acids is 1. The lowest BCUT2D eigenvalue weighted by molar-refractivity contribution is -0.125. The topological polar surface area (TPSA) is 41.6 Å². The van der Waals surface area contributed by atoms with Crippen LogP contribution in [0.2, 0.25) is 0 Å². The largest absolute Gasteiger partial charge is 0.373 e. The first kappa shape index (κ1) is 18.2. The maximum absolute atomic E-state index is 12.2. The first-order chi connectivity index (χ1) is 12.1. The average Bonchev–Trinajstić information content (AvgIpc) is 2.61. The van der Waals surface area contributed by atoms with Crippen LogP contribution >= 0.6 is 0 Å². The standard InChI is InChI=1S/C21H30N2O2/c1-16-13-23(14-17(2)25-16)15-19-10-8-18(9-11-19)12-22-21(24)20-6-4-3-5-7-20/h3-4,8-11,16-17,20H,5-7,12-15H2,1-2H3,(H,22,24)/t16-,17+,20-/m1/s1. The lowest BCUT2D eigenvalue weighted by Crippen LogP contribution is -2.44. The molecule has 4 heteroatoms. The van der Waals surface area contributed by atoms with E-state index in [1.54, 1.807) is 0 Å². The van der Waals surface area contributed by atoms with Crippen LogP contribution < -0.4 is 5.32 Å². The molecule has 4 nitrogen and oxygen atoms in total. The summed E-state index contributed by atoms with van der Waals surface area (Å²) in [5, 5.41) is 3.08. The van der Waals surface area contributed by atoms with Crippen LogP contribution in [0, 0.1) is 5.92 Å². The molecule has 0 spiro atoms. The molecule has 1 heterocycles. The van der Waals surface area contributed by atoms with E-state index in [4.69, 9.17) is 4.74 Å². The van der Waals surface area contributed by atoms with E-state index in [1.165, 1.54) is 5.56 Å². The van der Waals surface area contributed by atoms with Gasteiger partial charge in [-0.25, -0.2) is 0 Å². The molecule has 2 aliphatic rings. The minimum Gasteiger partial charge on any atom is -0.373 e. The summed E-state index contributed by atoms with van der Waals surface area (Å²) in [7, 11) is 0. The number of morpholine rings is 1. The van der Waals surface area contributed by atoms with Crippen LogP contribution in [-0.2, 0) is 22.6 Å². The molecule has 0 saturated carbocycles. The van der Waals surface area contributed by atoms with Crippen molar-refractivity contribution in [1.29, 1.82) is 0 Å². The fourth-order valence-electron chi connectivity index (χ4n) is 3.80. The number of hydrogen-bond donors (Lipinski definition) is 1. The van der Waals surface area contributed by atoms with Crippen molar-refractivity contribution >= 4 is 5.91 Å². The first-order valence-corrected chi connectivity index (χ1v) is 9.48.